The first-order valence-corrected chi connectivity index (χ1v) is 4.22. The largest absolute Gasteiger partial charge is 0.120 e. The maximum Gasteiger partial charge on any atom is 0.0223 e. The molecule has 0 spiro atoms. The van der Waals surface area contributed by atoms with Gasteiger partial charge in [0.05, 0.1) is 0 Å². The second-order valence-electron chi connectivity index (χ2n) is 2.95. The highest BCUT2D eigenvalue weighted by Gasteiger charge is 2.10. The van der Waals surface area contributed by atoms with E-state index in [2.05, 4.69) is 26.7 Å². The van der Waals surface area contributed by atoms with Gasteiger partial charge < -0.3 is 0 Å². The van der Waals surface area contributed by atoms with Gasteiger partial charge in [0.25, 0.3) is 0 Å². The second-order valence-corrected chi connectivity index (χ2v) is 2.95. The van der Waals surface area contributed by atoms with Gasteiger partial charge in [-0.1, -0.05) is 27.2 Å². The van der Waals surface area contributed by atoms with Crippen molar-refractivity contribution in [3.05, 3.63) is 0 Å². The van der Waals surface area contributed by atoms with Gasteiger partial charge in [0.15, 0.2) is 0 Å². The Balaban J connectivity index is 3.67. The fourth-order valence-electron chi connectivity index (χ4n) is 1.34. The van der Waals surface area contributed by atoms with Crippen LogP contribution in [0.2, 0.25) is 0 Å². The van der Waals surface area contributed by atoms with Crippen LogP contribution in [0.3, 0.4) is 0 Å². The van der Waals surface area contributed by atoms with Crippen LogP contribution >= 0.6 is 0 Å². The van der Waals surface area contributed by atoms with Crippen LogP contribution < -0.4 is 0 Å². The molecule has 0 aromatic rings. The number of terminal acetylenes is 1. The van der Waals surface area contributed by atoms with Crippen LogP contribution in [-0.2, 0) is 0 Å². The lowest BCUT2D eigenvalue weighted by atomic mass is 9.89. The van der Waals surface area contributed by atoms with E-state index < -0.39 is 0 Å². The summed E-state index contributed by atoms with van der Waals surface area (Å²) in [7, 11) is 0. The third kappa shape index (κ3) is 2.92. The Morgan fingerprint density at radius 2 is 2.00 bits per heavy atom. The van der Waals surface area contributed by atoms with Gasteiger partial charge in [-0.2, -0.15) is 0 Å². The summed E-state index contributed by atoms with van der Waals surface area (Å²) < 4.78 is 0. The van der Waals surface area contributed by atoms with Crippen molar-refractivity contribution in [3.63, 3.8) is 0 Å². The van der Waals surface area contributed by atoms with Crippen molar-refractivity contribution in [1.29, 1.82) is 0 Å². The molecule has 0 saturated carbocycles. The monoisotopic (exact) mass is 138 g/mol. The summed E-state index contributed by atoms with van der Waals surface area (Å²) in [6, 6.07) is 0. The van der Waals surface area contributed by atoms with Crippen LogP contribution in [0.5, 0.6) is 0 Å². The molecule has 0 N–H and O–H groups in total. The molecule has 0 amide bonds. The van der Waals surface area contributed by atoms with E-state index in [0.29, 0.717) is 11.8 Å². The molecule has 58 valence electrons. The van der Waals surface area contributed by atoms with Crippen LogP contribution in [0.15, 0.2) is 0 Å². The van der Waals surface area contributed by atoms with Crippen LogP contribution in [-0.4, -0.2) is 0 Å². The molecular weight excluding hydrogens is 120 g/mol. The average molecular weight is 138 g/mol. The summed E-state index contributed by atoms with van der Waals surface area (Å²) in [6.07, 6.45) is 9.00. The normalized spacial score (nSPS) is 15.8. The molecule has 0 nitrogen and oxygen atoms in total. The lowest BCUT2D eigenvalue weighted by molar-refractivity contribution is 0.400. The van der Waals surface area contributed by atoms with Crippen molar-refractivity contribution in [2.45, 2.75) is 40.0 Å². The molecule has 0 bridgehead atoms. The molecule has 0 saturated heterocycles. The zero-order valence-corrected chi connectivity index (χ0v) is 7.35. The highest BCUT2D eigenvalue weighted by molar-refractivity contribution is 4.94. The van der Waals surface area contributed by atoms with E-state index in [0.717, 1.165) is 6.42 Å². The minimum absolute atomic E-state index is 0.500. The van der Waals surface area contributed by atoms with Gasteiger partial charge in [-0.3, -0.25) is 0 Å². The summed E-state index contributed by atoms with van der Waals surface area (Å²) in [4.78, 5) is 0. The highest BCUT2D eigenvalue weighted by Crippen LogP contribution is 2.18. The number of hydrogen-bond donors (Lipinski definition) is 0. The van der Waals surface area contributed by atoms with E-state index in [1.807, 2.05) is 0 Å². The molecule has 0 heteroatoms. The Labute approximate surface area is 65.0 Å². The van der Waals surface area contributed by atoms with Crippen molar-refractivity contribution in [2.24, 2.45) is 11.8 Å². The van der Waals surface area contributed by atoms with Crippen molar-refractivity contribution in [3.8, 4) is 12.3 Å². The molecule has 0 aliphatic carbocycles. The average Bonchev–Trinajstić information content (AvgIpc) is 1.91. The van der Waals surface area contributed by atoms with Gasteiger partial charge >= 0.3 is 0 Å². The summed E-state index contributed by atoms with van der Waals surface area (Å²) >= 11 is 0. The molecule has 0 aromatic carbocycles. The first-order valence-electron chi connectivity index (χ1n) is 4.22. The van der Waals surface area contributed by atoms with Crippen molar-refractivity contribution < 1.29 is 0 Å². The van der Waals surface area contributed by atoms with Gasteiger partial charge in [0.2, 0.25) is 0 Å². The minimum Gasteiger partial charge on any atom is -0.120 e. The smallest absolute Gasteiger partial charge is 0.0223 e. The highest BCUT2D eigenvalue weighted by atomic mass is 14.1. The van der Waals surface area contributed by atoms with Gasteiger partial charge in [-0.15, -0.1) is 12.3 Å². The molecule has 0 aliphatic heterocycles. The topological polar surface area (TPSA) is 0 Å². The van der Waals surface area contributed by atoms with Crippen LogP contribution in [0.25, 0.3) is 0 Å². The maximum absolute atomic E-state index is 5.36. The molecule has 0 aliphatic rings. The molecule has 2 unspecified atom stereocenters. The first kappa shape index (κ1) is 9.56. The van der Waals surface area contributed by atoms with Crippen LogP contribution in [0.4, 0.5) is 0 Å². The fraction of sp³-hybridized carbons (Fsp3) is 0.800. The molecule has 0 radical (unpaired) electrons. The summed E-state index contributed by atoms with van der Waals surface area (Å²) in [6.45, 7) is 6.62. The van der Waals surface area contributed by atoms with E-state index in [1.165, 1.54) is 12.8 Å². The summed E-state index contributed by atoms with van der Waals surface area (Å²) in [5, 5.41) is 0. The van der Waals surface area contributed by atoms with Gasteiger partial charge in [-0.25, -0.2) is 0 Å². The van der Waals surface area contributed by atoms with E-state index in [4.69, 9.17) is 6.42 Å². The van der Waals surface area contributed by atoms with E-state index >= 15 is 0 Å². The third-order valence-electron chi connectivity index (χ3n) is 2.08. The molecule has 0 rings (SSSR count). The van der Waals surface area contributed by atoms with Crippen LogP contribution in [0.1, 0.15) is 40.0 Å². The Kier molecular flexibility index (Phi) is 5.12. The van der Waals surface area contributed by atoms with Crippen molar-refractivity contribution in [1.82, 2.24) is 0 Å². The summed E-state index contributed by atoms with van der Waals surface area (Å²) in [5.74, 6) is 4.04. The number of rotatable bonds is 4. The Morgan fingerprint density at radius 3 is 2.30 bits per heavy atom. The Hall–Kier alpha value is -0.440. The molecule has 2 atom stereocenters. The zero-order valence-electron chi connectivity index (χ0n) is 7.35. The van der Waals surface area contributed by atoms with E-state index in [-0.39, 0.29) is 0 Å². The van der Waals surface area contributed by atoms with Crippen molar-refractivity contribution >= 4 is 0 Å². The standard InChI is InChI=1S/C10H18/c1-5-8-9(4)10(6-2)7-3/h2,9-10H,5,7-8H2,1,3-4H3. The number of hydrogen-bond acceptors (Lipinski definition) is 0. The molecular formula is C10H18. The predicted molar refractivity (Wildman–Crippen MR) is 46.7 cm³/mol. The minimum atomic E-state index is 0.500. The Morgan fingerprint density at radius 1 is 1.40 bits per heavy atom. The van der Waals surface area contributed by atoms with Gasteiger partial charge in [-0.05, 0) is 18.8 Å². The van der Waals surface area contributed by atoms with E-state index in [9.17, 15) is 0 Å². The first-order chi connectivity index (χ1) is 4.76. The lowest BCUT2D eigenvalue weighted by Crippen LogP contribution is -2.07. The molecule has 0 heterocycles. The molecule has 10 heavy (non-hydrogen) atoms. The van der Waals surface area contributed by atoms with Gasteiger partial charge in [0.1, 0.15) is 0 Å². The maximum atomic E-state index is 5.36. The molecule has 0 aromatic heterocycles. The quantitative estimate of drug-likeness (QED) is 0.524. The predicted octanol–water partition coefficient (Wildman–Crippen LogP) is 3.08. The molecule has 0 fully saturated rings. The third-order valence-corrected chi connectivity index (χ3v) is 2.08. The second kappa shape index (κ2) is 5.35. The fourth-order valence-corrected chi connectivity index (χ4v) is 1.34. The van der Waals surface area contributed by atoms with Crippen LogP contribution in [0, 0.1) is 24.2 Å². The summed E-state index contributed by atoms with van der Waals surface area (Å²) in [5.41, 5.74) is 0. The Bertz CT molecular complexity index is 108. The van der Waals surface area contributed by atoms with E-state index in [1.54, 1.807) is 0 Å². The SMILES string of the molecule is C#CC(CC)C(C)CCC. The van der Waals surface area contributed by atoms with Gasteiger partial charge in [0, 0.05) is 5.92 Å². The zero-order chi connectivity index (χ0) is 7.98. The lowest BCUT2D eigenvalue weighted by Gasteiger charge is -2.15. The van der Waals surface area contributed by atoms with Crippen molar-refractivity contribution in [2.75, 3.05) is 0 Å².